The first-order chi connectivity index (χ1) is 21.8. The van der Waals surface area contributed by atoms with Crippen LogP contribution in [0.5, 0.6) is 0 Å². The minimum absolute atomic E-state index is 0.823. The average Bonchev–Trinajstić information content (AvgIpc) is 3.77. The molecule has 0 spiro atoms. The lowest BCUT2D eigenvalue weighted by atomic mass is 10.1. The van der Waals surface area contributed by atoms with E-state index in [2.05, 4.69) is 171 Å². The molecule has 6 aromatic carbocycles. The van der Waals surface area contributed by atoms with Crippen molar-refractivity contribution < 1.29 is 0 Å². The number of hydrogen-bond donors (Lipinski definition) is 1. The smallest absolute Gasteiger partial charge is 0.0588 e. The zero-order valence-corrected chi connectivity index (χ0v) is 24.2. The molecule has 0 atom stereocenters. The normalized spacial score (nSPS) is 13.5. The summed E-state index contributed by atoms with van der Waals surface area (Å²) >= 11 is 0. The van der Waals surface area contributed by atoms with Crippen LogP contribution < -0.4 is 5.43 Å². The van der Waals surface area contributed by atoms with E-state index < -0.39 is 0 Å². The number of benzene rings is 6. The topological polar surface area (TPSA) is 25.1 Å². The Morgan fingerprint density at radius 1 is 0.477 bits per heavy atom. The maximum atomic E-state index is 3.52. The van der Waals surface area contributed by atoms with Crippen LogP contribution in [0.3, 0.4) is 0 Å². The summed E-state index contributed by atoms with van der Waals surface area (Å²) in [6.07, 6.45) is 2.24. The summed E-state index contributed by atoms with van der Waals surface area (Å²) in [6.45, 7) is 1.67. The van der Waals surface area contributed by atoms with Crippen LogP contribution in [-0.4, -0.2) is 20.7 Å². The minimum atomic E-state index is 0.823. The van der Waals surface area contributed by atoms with E-state index in [0.29, 0.717) is 0 Å². The predicted octanol–water partition coefficient (Wildman–Crippen LogP) is 9.24. The summed E-state index contributed by atoms with van der Waals surface area (Å²) in [4.78, 5) is 0. The number of aromatic nitrogens is 2. The molecule has 8 aromatic rings. The van der Waals surface area contributed by atoms with Gasteiger partial charge in [0.05, 0.1) is 28.6 Å². The molecule has 0 aliphatic carbocycles. The van der Waals surface area contributed by atoms with E-state index in [1.807, 2.05) is 0 Å². The number of para-hydroxylation sites is 3. The third-order valence-corrected chi connectivity index (χ3v) is 8.96. The quantitative estimate of drug-likeness (QED) is 0.225. The minimum Gasteiger partial charge on any atom is -0.311 e. The standard InChI is InChI=1S/C40H30N4/c1-3-11-28(12-4-1)26-42-27-30(25-41-42)29-19-21-32(22-20-29)44-38-18-10-8-16-34(38)36-23-35-33-15-7-9-17-37(33)43(39(35)24-40(36)44)31-13-5-2-6-14-31/h1-24,27,41H,25-26H2. The Bertz CT molecular complexity index is 2340. The largest absolute Gasteiger partial charge is 0.311 e. The molecule has 4 nitrogen and oxygen atoms in total. The van der Waals surface area contributed by atoms with E-state index in [1.54, 1.807) is 0 Å². The lowest BCUT2D eigenvalue weighted by Gasteiger charge is -2.15. The molecule has 3 heterocycles. The van der Waals surface area contributed by atoms with Crippen molar-refractivity contribution in [2.45, 2.75) is 6.54 Å². The van der Waals surface area contributed by atoms with Crippen LogP contribution in [0.15, 0.2) is 152 Å². The third kappa shape index (κ3) is 3.96. The van der Waals surface area contributed by atoms with E-state index in [4.69, 9.17) is 0 Å². The van der Waals surface area contributed by atoms with Gasteiger partial charge in [0.2, 0.25) is 0 Å². The van der Waals surface area contributed by atoms with Gasteiger partial charge >= 0.3 is 0 Å². The highest BCUT2D eigenvalue weighted by molar-refractivity contribution is 6.19. The van der Waals surface area contributed by atoms with Crippen LogP contribution >= 0.6 is 0 Å². The Morgan fingerprint density at radius 2 is 1.02 bits per heavy atom. The molecule has 0 radical (unpaired) electrons. The van der Waals surface area contributed by atoms with Gasteiger partial charge in [-0.15, -0.1) is 0 Å². The maximum Gasteiger partial charge on any atom is 0.0588 e. The van der Waals surface area contributed by atoms with Crippen molar-refractivity contribution in [2.75, 3.05) is 6.54 Å². The molecule has 0 saturated carbocycles. The average molecular weight is 567 g/mol. The Morgan fingerprint density at radius 3 is 1.66 bits per heavy atom. The van der Waals surface area contributed by atoms with Crippen molar-refractivity contribution in [3.63, 3.8) is 0 Å². The van der Waals surface area contributed by atoms with Gasteiger partial charge in [0.25, 0.3) is 0 Å². The predicted molar refractivity (Wildman–Crippen MR) is 183 cm³/mol. The van der Waals surface area contributed by atoms with Crippen molar-refractivity contribution in [1.82, 2.24) is 19.6 Å². The second-order valence-corrected chi connectivity index (χ2v) is 11.6. The molecule has 1 aliphatic rings. The zero-order chi connectivity index (χ0) is 29.0. The molecule has 4 heteroatoms. The van der Waals surface area contributed by atoms with Crippen LogP contribution in [0.2, 0.25) is 0 Å². The van der Waals surface area contributed by atoms with Crippen LogP contribution in [0, 0.1) is 0 Å². The first kappa shape index (κ1) is 25.0. The number of hydrogen-bond acceptors (Lipinski definition) is 2. The van der Waals surface area contributed by atoms with E-state index in [0.717, 1.165) is 18.8 Å². The fourth-order valence-electron chi connectivity index (χ4n) is 6.91. The Balaban J connectivity index is 1.19. The first-order valence-corrected chi connectivity index (χ1v) is 15.2. The van der Waals surface area contributed by atoms with Crippen LogP contribution in [0.1, 0.15) is 11.1 Å². The van der Waals surface area contributed by atoms with E-state index in [9.17, 15) is 0 Å². The summed E-state index contributed by atoms with van der Waals surface area (Å²) in [5, 5.41) is 7.27. The number of rotatable bonds is 5. The van der Waals surface area contributed by atoms with Gasteiger partial charge in [0.15, 0.2) is 0 Å². The summed E-state index contributed by atoms with van der Waals surface area (Å²) < 4.78 is 4.82. The summed E-state index contributed by atoms with van der Waals surface area (Å²) in [6, 6.07) is 52.6. The molecule has 0 fully saturated rings. The highest BCUT2D eigenvalue weighted by Gasteiger charge is 2.19. The second kappa shape index (κ2) is 10.0. The molecule has 210 valence electrons. The van der Waals surface area contributed by atoms with Gasteiger partial charge < -0.3 is 14.1 Å². The molecule has 0 amide bonds. The molecule has 0 bridgehead atoms. The van der Waals surface area contributed by atoms with Crippen molar-refractivity contribution in [3.05, 3.63) is 163 Å². The monoisotopic (exact) mass is 566 g/mol. The maximum absolute atomic E-state index is 3.52. The zero-order valence-electron chi connectivity index (χ0n) is 24.2. The lowest BCUT2D eigenvalue weighted by Crippen LogP contribution is -2.28. The van der Waals surface area contributed by atoms with Gasteiger partial charge in [-0.05, 0) is 65.2 Å². The van der Waals surface area contributed by atoms with Gasteiger partial charge in [-0.3, -0.25) is 0 Å². The van der Waals surface area contributed by atoms with Gasteiger partial charge in [-0.1, -0.05) is 97.1 Å². The summed E-state index contributed by atoms with van der Waals surface area (Å²) in [7, 11) is 0. The Labute approximate surface area is 255 Å². The third-order valence-electron chi connectivity index (χ3n) is 8.96. The number of hydrazine groups is 1. The molecular formula is C40H30N4. The molecule has 2 aromatic heterocycles. The molecular weight excluding hydrogens is 536 g/mol. The Kier molecular flexibility index (Phi) is 5.68. The number of nitrogens with zero attached hydrogens (tertiary/aromatic N) is 3. The van der Waals surface area contributed by atoms with Crippen LogP contribution in [0.4, 0.5) is 0 Å². The molecule has 9 rings (SSSR count). The SMILES string of the molecule is C1=C(c2ccc(-n3c4ccccc4c4cc5c6ccccc6n(-c6ccccc6)c5cc43)cc2)CNN1Cc1ccccc1. The second-order valence-electron chi connectivity index (χ2n) is 11.6. The number of fused-ring (bicyclic) bond motifs is 6. The van der Waals surface area contributed by atoms with Crippen molar-refractivity contribution in [2.24, 2.45) is 0 Å². The molecule has 0 saturated heterocycles. The van der Waals surface area contributed by atoms with E-state index in [-0.39, 0.29) is 0 Å². The summed E-state index contributed by atoms with van der Waals surface area (Å²) in [5.74, 6) is 0. The lowest BCUT2D eigenvalue weighted by molar-refractivity contribution is 0.299. The van der Waals surface area contributed by atoms with Crippen molar-refractivity contribution in [1.29, 1.82) is 0 Å². The van der Waals surface area contributed by atoms with E-state index >= 15 is 0 Å². The van der Waals surface area contributed by atoms with Gasteiger partial charge in [0.1, 0.15) is 0 Å². The fourth-order valence-corrected chi connectivity index (χ4v) is 6.91. The highest BCUT2D eigenvalue weighted by atomic mass is 15.5. The molecule has 1 aliphatic heterocycles. The highest BCUT2D eigenvalue weighted by Crippen LogP contribution is 2.39. The van der Waals surface area contributed by atoms with Crippen LogP contribution in [0.25, 0.3) is 60.6 Å². The summed E-state index contributed by atoms with van der Waals surface area (Å²) in [5.41, 5.74) is 14.5. The first-order valence-electron chi connectivity index (χ1n) is 15.2. The van der Waals surface area contributed by atoms with Crippen molar-refractivity contribution in [3.8, 4) is 11.4 Å². The molecule has 1 N–H and O–H groups in total. The molecule has 44 heavy (non-hydrogen) atoms. The van der Waals surface area contributed by atoms with Crippen molar-refractivity contribution >= 4 is 49.2 Å². The van der Waals surface area contributed by atoms with E-state index in [1.165, 1.54) is 66.0 Å². The van der Waals surface area contributed by atoms with Gasteiger partial charge in [-0.25, -0.2) is 5.43 Å². The Hall–Kier alpha value is -5.58. The fraction of sp³-hybridized carbons (Fsp3) is 0.0500. The van der Waals surface area contributed by atoms with Gasteiger partial charge in [-0.2, -0.15) is 0 Å². The molecule has 0 unspecified atom stereocenters. The van der Waals surface area contributed by atoms with Gasteiger partial charge in [0, 0.05) is 45.7 Å². The van der Waals surface area contributed by atoms with Crippen LogP contribution in [-0.2, 0) is 6.54 Å². The number of nitrogens with one attached hydrogen (secondary N) is 1.